The van der Waals surface area contributed by atoms with E-state index in [0.717, 1.165) is 31.7 Å². The highest BCUT2D eigenvalue weighted by atomic mass is 32.1. The lowest BCUT2D eigenvalue weighted by Gasteiger charge is -2.37. The van der Waals surface area contributed by atoms with Crippen molar-refractivity contribution in [2.75, 3.05) is 14.2 Å². The van der Waals surface area contributed by atoms with Gasteiger partial charge >= 0.3 is 0 Å². The summed E-state index contributed by atoms with van der Waals surface area (Å²) < 4.78 is 6.01. The maximum atomic E-state index is 6.01. The molecule has 1 N–H and O–H groups in total. The van der Waals surface area contributed by atoms with Crippen molar-refractivity contribution in [3.63, 3.8) is 0 Å². The molecular formula is C17H30N2OS. The van der Waals surface area contributed by atoms with Gasteiger partial charge in [0.1, 0.15) is 10.6 Å². The molecule has 0 saturated heterocycles. The van der Waals surface area contributed by atoms with E-state index in [1.807, 2.05) is 25.5 Å². The molecule has 1 fully saturated rings. The first-order valence-corrected chi connectivity index (χ1v) is 9.01. The Kier molecular flexibility index (Phi) is 5.81. The third-order valence-electron chi connectivity index (χ3n) is 4.45. The Labute approximate surface area is 133 Å². The van der Waals surface area contributed by atoms with Gasteiger partial charge < -0.3 is 10.1 Å². The van der Waals surface area contributed by atoms with Gasteiger partial charge in [-0.05, 0) is 44.6 Å². The first-order valence-electron chi connectivity index (χ1n) is 8.19. The van der Waals surface area contributed by atoms with Gasteiger partial charge in [0.05, 0.1) is 5.69 Å². The van der Waals surface area contributed by atoms with Crippen LogP contribution in [-0.4, -0.2) is 19.1 Å². The Bertz CT molecular complexity index is 458. The second-order valence-electron chi connectivity index (χ2n) is 6.92. The topological polar surface area (TPSA) is 34.1 Å². The molecule has 0 amide bonds. The molecule has 0 aliphatic heterocycles. The van der Waals surface area contributed by atoms with E-state index in [0.29, 0.717) is 5.92 Å². The van der Waals surface area contributed by atoms with Crippen LogP contribution >= 0.6 is 11.3 Å². The number of aromatic nitrogens is 1. The second-order valence-corrected chi connectivity index (χ2v) is 8.00. The lowest BCUT2D eigenvalue weighted by Crippen LogP contribution is -2.34. The summed E-state index contributed by atoms with van der Waals surface area (Å²) in [6.07, 6.45) is 5.84. The van der Waals surface area contributed by atoms with E-state index >= 15 is 0 Å². The molecule has 0 bridgehead atoms. The van der Waals surface area contributed by atoms with Crippen molar-refractivity contribution in [1.82, 2.24) is 10.3 Å². The molecule has 2 rings (SSSR count). The lowest BCUT2D eigenvalue weighted by molar-refractivity contribution is -0.0581. The zero-order valence-corrected chi connectivity index (χ0v) is 15.0. The molecule has 4 heteroatoms. The number of methoxy groups -OCH3 is 1. The van der Waals surface area contributed by atoms with E-state index in [2.05, 4.69) is 26.1 Å². The van der Waals surface area contributed by atoms with Crippen LogP contribution in [0.15, 0.2) is 0 Å². The molecule has 1 aromatic rings. The fourth-order valence-corrected chi connectivity index (χ4v) is 4.70. The molecule has 1 aliphatic rings. The summed E-state index contributed by atoms with van der Waals surface area (Å²) in [6.45, 7) is 7.77. The second kappa shape index (κ2) is 7.21. The van der Waals surface area contributed by atoms with Crippen LogP contribution in [0, 0.1) is 11.8 Å². The van der Waals surface area contributed by atoms with Crippen molar-refractivity contribution in [2.45, 2.75) is 65.0 Å². The highest BCUT2D eigenvalue weighted by Gasteiger charge is 2.39. The van der Waals surface area contributed by atoms with Crippen LogP contribution in [0.3, 0.4) is 0 Å². The van der Waals surface area contributed by atoms with Gasteiger partial charge in [-0.3, -0.25) is 0 Å². The molecule has 120 valence electrons. The molecule has 1 aliphatic carbocycles. The predicted molar refractivity (Wildman–Crippen MR) is 89.7 cm³/mol. The summed E-state index contributed by atoms with van der Waals surface area (Å²) in [4.78, 5) is 6.41. The predicted octanol–water partition coefficient (Wildman–Crippen LogP) is 4.11. The Morgan fingerprint density at radius 1 is 1.48 bits per heavy atom. The largest absolute Gasteiger partial charge is 0.371 e. The molecule has 2 atom stereocenters. The van der Waals surface area contributed by atoms with E-state index in [1.54, 1.807) is 0 Å². The fourth-order valence-electron chi connectivity index (χ4n) is 3.39. The molecule has 1 saturated carbocycles. The van der Waals surface area contributed by atoms with Gasteiger partial charge in [0, 0.05) is 18.5 Å². The minimum atomic E-state index is -0.139. The van der Waals surface area contributed by atoms with Crippen LogP contribution in [0.1, 0.15) is 62.0 Å². The van der Waals surface area contributed by atoms with Crippen molar-refractivity contribution in [1.29, 1.82) is 0 Å². The van der Waals surface area contributed by atoms with Crippen LogP contribution in [0.25, 0.3) is 0 Å². The molecule has 1 heterocycles. The van der Waals surface area contributed by atoms with Crippen LogP contribution < -0.4 is 5.32 Å². The molecule has 3 nitrogen and oxygen atoms in total. The molecule has 2 unspecified atom stereocenters. The highest BCUT2D eigenvalue weighted by molar-refractivity contribution is 7.11. The van der Waals surface area contributed by atoms with Crippen molar-refractivity contribution in [3.8, 4) is 0 Å². The standard InChI is InChI=1S/C17H30N2OS/c1-12(2)9-14-15(11-18-4)21-16(19-14)17(20-5)8-6-7-13(3)10-17/h12-13,18H,6-11H2,1-5H3. The number of nitrogens with zero attached hydrogens (tertiary/aromatic N) is 1. The molecule has 1 aromatic heterocycles. The van der Waals surface area contributed by atoms with E-state index in [4.69, 9.17) is 9.72 Å². The zero-order chi connectivity index (χ0) is 15.5. The average Bonchev–Trinajstić information content (AvgIpc) is 2.82. The van der Waals surface area contributed by atoms with Gasteiger partial charge in [0.2, 0.25) is 0 Å². The number of rotatable bonds is 6. The maximum Gasteiger partial charge on any atom is 0.125 e. The van der Waals surface area contributed by atoms with E-state index in [1.165, 1.54) is 28.4 Å². The van der Waals surface area contributed by atoms with Gasteiger partial charge in [-0.15, -0.1) is 11.3 Å². The number of thiazole rings is 1. The Morgan fingerprint density at radius 3 is 2.81 bits per heavy atom. The molecule has 0 radical (unpaired) electrons. The normalized spacial score (nSPS) is 26.5. The summed E-state index contributed by atoms with van der Waals surface area (Å²) >= 11 is 1.86. The Hall–Kier alpha value is -0.450. The zero-order valence-electron chi connectivity index (χ0n) is 14.2. The third-order valence-corrected chi connectivity index (χ3v) is 5.74. The summed E-state index contributed by atoms with van der Waals surface area (Å²) in [7, 11) is 3.87. The Balaban J connectivity index is 2.32. The highest BCUT2D eigenvalue weighted by Crippen LogP contribution is 2.44. The minimum Gasteiger partial charge on any atom is -0.371 e. The van der Waals surface area contributed by atoms with Crippen LogP contribution in [-0.2, 0) is 23.3 Å². The first-order chi connectivity index (χ1) is 10.0. The van der Waals surface area contributed by atoms with Crippen molar-refractivity contribution in [3.05, 3.63) is 15.6 Å². The fraction of sp³-hybridized carbons (Fsp3) is 0.824. The minimum absolute atomic E-state index is 0.139. The molecule has 0 spiro atoms. The van der Waals surface area contributed by atoms with Gasteiger partial charge in [0.25, 0.3) is 0 Å². The van der Waals surface area contributed by atoms with E-state index in [-0.39, 0.29) is 5.60 Å². The lowest BCUT2D eigenvalue weighted by atomic mass is 9.79. The maximum absolute atomic E-state index is 6.01. The molecular weight excluding hydrogens is 280 g/mol. The molecule has 21 heavy (non-hydrogen) atoms. The number of nitrogens with one attached hydrogen (secondary N) is 1. The van der Waals surface area contributed by atoms with Gasteiger partial charge in [-0.2, -0.15) is 0 Å². The van der Waals surface area contributed by atoms with Crippen molar-refractivity contribution < 1.29 is 4.74 Å². The smallest absolute Gasteiger partial charge is 0.125 e. The third kappa shape index (κ3) is 3.85. The van der Waals surface area contributed by atoms with Gasteiger partial charge in [-0.25, -0.2) is 4.98 Å². The molecule has 0 aromatic carbocycles. The van der Waals surface area contributed by atoms with E-state index in [9.17, 15) is 0 Å². The summed E-state index contributed by atoms with van der Waals surface area (Å²) in [5.74, 6) is 1.36. The van der Waals surface area contributed by atoms with E-state index < -0.39 is 0 Å². The van der Waals surface area contributed by atoms with Crippen LogP contribution in [0.2, 0.25) is 0 Å². The summed E-state index contributed by atoms with van der Waals surface area (Å²) in [6, 6.07) is 0. The SMILES string of the molecule is CNCc1sc(C2(OC)CCCC(C)C2)nc1CC(C)C. The van der Waals surface area contributed by atoms with Gasteiger partial charge in [0.15, 0.2) is 0 Å². The van der Waals surface area contributed by atoms with Gasteiger partial charge in [-0.1, -0.05) is 27.2 Å². The monoisotopic (exact) mass is 310 g/mol. The van der Waals surface area contributed by atoms with Crippen molar-refractivity contribution >= 4 is 11.3 Å². The van der Waals surface area contributed by atoms with Crippen LogP contribution in [0.4, 0.5) is 0 Å². The van der Waals surface area contributed by atoms with Crippen LogP contribution in [0.5, 0.6) is 0 Å². The Morgan fingerprint density at radius 2 is 2.24 bits per heavy atom. The van der Waals surface area contributed by atoms with Crippen molar-refractivity contribution in [2.24, 2.45) is 11.8 Å². The summed E-state index contributed by atoms with van der Waals surface area (Å²) in [5.41, 5.74) is 1.13. The quantitative estimate of drug-likeness (QED) is 0.858. The number of hydrogen-bond acceptors (Lipinski definition) is 4. The number of ether oxygens (including phenoxy) is 1. The summed E-state index contributed by atoms with van der Waals surface area (Å²) in [5, 5.41) is 4.49. The number of hydrogen-bond donors (Lipinski definition) is 1. The average molecular weight is 311 g/mol. The first kappa shape index (κ1) is 16.9.